The summed E-state index contributed by atoms with van der Waals surface area (Å²) < 4.78 is 5.87. The molecule has 1 unspecified atom stereocenters. The number of hydrogen-bond acceptors (Lipinski definition) is 3. The maximum Gasteiger partial charge on any atom is 0.335 e. The van der Waals surface area contributed by atoms with Gasteiger partial charge < -0.3 is 9.84 Å². The monoisotopic (exact) mass is 449 g/mol. The number of carboxylic acid groups (broad SMARTS) is 1. The van der Waals surface area contributed by atoms with Gasteiger partial charge in [-0.25, -0.2) is 4.79 Å². The first kappa shape index (κ1) is 26.5. The summed E-state index contributed by atoms with van der Waals surface area (Å²) in [4.78, 5) is 11.0. The molecule has 0 saturated heterocycles. The Kier molecular flexibility index (Phi) is 12.1. The van der Waals surface area contributed by atoms with Gasteiger partial charge in [-0.1, -0.05) is 96.3 Å². The van der Waals surface area contributed by atoms with Crippen LogP contribution in [0, 0.1) is 17.2 Å². The number of hydrogen-bond donors (Lipinski definition) is 1. The fourth-order valence-electron chi connectivity index (χ4n) is 3.95. The molecule has 2 aromatic carbocycles. The molecule has 0 aromatic heterocycles. The third kappa shape index (κ3) is 9.70. The van der Waals surface area contributed by atoms with E-state index in [-0.39, 0.29) is 5.56 Å². The lowest BCUT2D eigenvalue weighted by Crippen LogP contribution is -1.99. The summed E-state index contributed by atoms with van der Waals surface area (Å²) in [6.45, 7) is 5.25. The molecule has 0 aliphatic rings. The van der Waals surface area contributed by atoms with Crippen LogP contribution in [0.5, 0.6) is 5.75 Å². The van der Waals surface area contributed by atoms with E-state index in [2.05, 4.69) is 19.9 Å². The number of carbonyl (C=O) groups is 1. The SMILES string of the molecule is CCC(C)CCCCCCCCCCCOc1ccc(-c2ccc(C(=O)O)cc2)cc1C#N. The van der Waals surface area contributed by atoms with Crippen LogP contribution in [-0.4, -0.2) is 17.7 Å². The quantitative estimate of drug-likeness (QED) is 0.262. The molecule has 2 aromatic rings. The predicted octanol–water partition coefficient (Wildman–Crippen LogP) is 8.25. The molecule has 0 aliphatic heterocycles. The van der Waals surface area contributed by atoms with Crippen molar-refractivity contribution in [1.82, 2.24) is 0 Å². The molecular weight excluding hydrogens is 410 g/mol. The average molecular weight is 450 g/mol. The fraction of sp³-hybridized carbons (Fsp3) is 0.517. The molecule has 0 saturated carbocycles. The number of carboxylic acids is 1. The molecule has 178 valence electrons. The van der Waals surface area contributed by atoms with Gasteiger partial charge in [-0.2, -0.15) is 5.26 Å². The minimum absolute atomic E-state index is 0.247. The highest BCUT2D eigenvalue weighted by molar-refractivity contribution is 5.88. The van der Waals surface area contributed by atoms with Gasteiger partial charge in [-0.05, 0) is 47.7 Å². The fourth-order valence-corrected chi connectivity index (χ4v) is 3.95. The number of aromatic carboxylic acids is 1. The van der Waals surface area contributed by atoms with Gasteiger partial charge in [0.15, 0.2) is 0 Å². The van der Waals surface area contributed by atoms with E-state index in [0.717, 1.165) is 29.9 Å². The Hall–Kier alpha value is -2.80. The van der Waals surface area contributed by atoms with Crippen LogP contribution in [0.25, 0.3) is 11.1 Å². The van der Waals surface area contributed by atoms with E-state index >= 15 is 0 Å². The molecule has 0 amide bonds. The third-order valence-electron chi connectivity index (χ3n) is 6.36. The molecule has 1 atom stereocenters. The normalized spacial score (nSPS) is 11.7. The van der Waals surface area contributed by atoms with Crippen molar-refractivity contribution in [2.24, 2.45) is 5.92 Å². The first-order valence-electron chi connectivity index (χ1n) is 12.6. The number of unbranched alkanes of at least 4 members (excludes halogenated alkanes) is 8. The Balaban J connectivity index is 1.63. The minimum atomic E-state index is -0.949. The van der Waals surface area contributed by atoms with Crippen molar-refractivity contribution in [3.8, 4) is 22.9 Å². The van der Waals surface area contributed by atoms with Crippen LogP contribution in [0.2, 0.25) is 0 Å². The Bertz CT molecular complexity index is 883. The molecule has 0 radical (unpaired) electrons. The molecule has 0 bridgehead atoms. The first-order valence-corrected chi connectivity index (χ1v) is 12.6. The van der Waals surface area contributed by atoms with Crippen molar-refractivity contribution in [1.29, 1.82) is 5.26 Å². The van der Waals surface area contributed by atoms with E-state index in [1.54, 1.807) is 30.3 Å². The van der Waals surface area contributed by atoms with Gasteiger partial charge in [-0.3, -0.25) is 0 Å². The van der Waals surface area contributed by atoms with Crippen molar-refractivity contribution in [3.63, 3.8) is 0 Å². The lowest BCUT2D eigenvalue weighted by Gasteiger charge is -2.10. The summed E-state index contributed by atoms with van der Waals surface area (Å²) in [7, 11) is 0. The van der Waals surface area contributed by atoms with Crippen LogP contribution in [0.1, 0.15) is 100 Å². The van der Waals surface area contributed by atoms with Crippen LogP contribution < -0.4 is 4.74 Å². The molecule has 33 heavy (non-hydrogen) atoms. The maximum atomic E-state index is 11.0. The Morgan fingerprint density at radius 3 is 2.06 bits per heavy atom. The number of nitrogens with zero attached hydrogens (tertiary/aromatic N) is 1. The molecule has 4 heteroatoms. The van der Waals surface area contributed by atoms with Gasteiger partial charge in [0.2, 0.25) is 0 Å². The second-order valence-electron chi connectivity index (χ2n) is 9.04. The number of rotatable bonds is 16. The summed E-state index contributed by atoms with van der Waals surface area (Å²) in [5.74, 6) is 0.545. The van der Waals surface area contributed by atoms with Gasteiger partial charge in [-0.15, -0.1) is 0 Å². The lowest BCUT2D eigenvalue weighted by atomic mass is 9.99. The van der Waals surface area contributed by atoms with E-state index in [9.17, 15) is 10.1 Å². The molecule has 0 heterocycles. The Morgan fingerprint density at radius 1 is 0.909 bits per heavy atom. The van der Waals surface area contributed by atoms with Gasteiger partial charge in [0, 0.05) is 0 Å². The predicted molar refractivity (Wildman–Crippen MR) is 135 cm³/mol. The Morgan fingerprint density at radius 2 is 1.48 bits per heavy atom. The van der Waals surface area contributed by atoms with Crippen molar-refractivity contribution >= 4 is 5.97 Å². The summed E-state index contributed by atoms with van der Waals surface area (Å²) in [5.41, 5.74) is 2.49. The number of benzene rings is 2. The van der Waals surface area contributed by atoms with Gasteiger partial charge >= 0.3 is 5.97 Å². The molecule has 4 nitrogen and oxygen atoms in total. The summed E-state index contributed by atoms with van der Waals surface area (Å²) in [6.07, 6.45) is 14.2. The third-order valence-corrected chi connectivity index (χ3v) is 6.36. The first-order chi connectivity index (χ1) is 16.0. The highest BCUT2D eigenvalue weighted by Crippen LogP contribution is 2.27. The second-order valence-corrected chi connectivity index (χ2v) is 9.04. The van der Waals surface area contributed by atoms with E-state index in [1.165, 1.54) is 57.8 Å². The van der Waals surface area contributed by atoms with Crippen molar-refractivity contribution in [2.45, 2.75) is 84.5 Å². The van der Waals surface area contributed by atoms with Crippen molar-refractivity contribution < 1.29 is 14.6 Å². The summed E-state index contributed by atoms with van der Waals surface area (Å²) >= 11 is 0. The summed E-state index contributed by atoms with van der Waals surface area (Å²) in [5, 5.41) is 18.5. The van der Waals surface area contributed by atoms with Crippen LogP contribution >= 0.6 is 0 Å². The summed E-state index contributed by atoms with van der Waals surface area (Å²) in [6, 6.07) is 14.4. The molecule has 2 rings (SSSR count). The zero-order valence-electron chi connectivity index (χ0n) is 20.3. The topological polar surface area (TPSA) is 70.3 Å². The second kappa shape index (κ2) is 15.1. The van der Waals surface area contributed by atoms with E-state index in [0.29, 0.717) is 17.9 Å². The van der Waals surface area contributed by atoms with Crippen molar-refractivity contribution in [2.75, 3.05) is 6.61 Å². The van der Waals surface area contributed by atoms with Crippen LogP contribution in [0.3, 0.4) is 0 Å². The highest BCUT2D eigenvalue weighted by Gasteiger charge is 2.08. The molecule has 0 aliphatic carbocycles. The van der Waals surface area contributed by atoms with Crippen LogP contribution in [0.15, 0.2) is 42.5 Å². The van der Waals surface area contributed by atoms with Gasteiger partial charge in [0.25, 0.3) is 0 Å². The molecule has 0 spiro atoms. The van der Waals surface area contributed by atoms with Crippen LogP contribution in [0.4, 0.5) is 0 Å². The van der Waals surface area contributed by atoms with Gasteiger partial charge in [0.1, 0.15) is 11.8 Å². The smallest absolute Gasteiger partial charge is 0.335 e. The van der Waals surface area contributed by atoms with E-state index in [1.807, 2.05) is 12.1 Å². The lowest BCUT2D eigenvalue weighted by molar-refractivity contribution is 0.0697. The van der Waals surface area contributed by atoms with Crippen molar-refractivity contribution in [3.05, 3.63) is 53.6 Å². The van der Waals surface area contributed by atoms with E-state index in [4.69, 9.17) is 9.84 Å². The van der Waals surface area contributed by atoms with E-state index < -0.39 is 5.97 Å². The number of ether oxygens (including phenoxy) is 1. The molecule has 1 N–H and O–H groups in total. The van der Waals surface area contributed by atoms with Crippen LogP contribution in [-0.2, 0) is 0 Å². The standard InChI is InChI=1S/C29H39NO3/c1-3-23(2)13-11-9-7-5-4-6-8-10-12-20-33-28-19-18-26(21-27(28)22-30)24-14-16-25(17-15-24)29(31)32/h14-19,21,23H,3-13,20H2,1-2H3,(H,31,32). The average Bonchev–Trinajstić information content (AvgIpc) is 2.84. The molecule has 0 fully saturated rings. The Labute approximate surface area is 199 Å². The highest BCUT2D eigenvalue weighted by atomic mass is 16.5. The minimum Gasteiger partial charge on any atom is -0.492 e. The molecular formula is C29H39NO3. The zero-order valence-corrected chi connectivity index (χ0v) is 20.3. The number of nitriles is 1. The largest absolute Gasteiger partial charge is 0.492 e. The van der Waals surface area contributed by atoms with Gasteiger partial charge in [0.05, 0.1) is 17.7 Å². The zero-order chi connectivity index (χ0) is 23.9. The maximum absolute atomic E-state index is 11.0.